The summed E-state index contributed by atoms with van der Waals surface area (Å²) in [6.07, 6.45) is 6.09. The lowest BCUT2D eigenvalue weighted by atomic mass is 9.92. The van der Waals surface area contributed by atoms with E-state index in [9.17, 15) is 0 Å². The second-order valence-corrected chi connectivity index (χ2v) is 6.24. The zero-order chi connectivity index (χ0) is 13.8. The maximum atomic E-state index is 5.93. The summed E-state index contributed by atoms with van der Waals surface area (Å²) in [5, 5.41) is 11.1. The van der Waals surface area contributed by atoms with Gasteiger partial charge in [-0.2, -0.15) is 5.10 Å². The fourth-order valence-corrected chi connectivity index (χ4v) is 3.17. The number of nitrogens with two attached hydrogens (primary N) is 1. The van der Waals surface area contributed by atoms with Crippen LogP contribution in [0.5, 0.6) is 0 Å². The molecule has 3 rings (SSSR count). The van der Waals surface area contributed by atoms with Gasteiger partial charge >= 0.3 is 0 Å². The van der Waals surface area contributed by atoms with Crippen molar-refractivity contribution in [2.75, 3.05) is 5.32 Å². The predicted octanol–water partition coefficient (Wildman–Crippen LogP) is 2.64. The van der Waals surface area contributed by atoms with Crippen LogP contribution in [-0.4, -0.2) is 27.3 Å². The Morgan fingerprint density at radius 2 is 1.90 bits per heavy atom. The molecule has 0 unspecified atom stereocenters. The Morgan fingerprint density at radius 3 is 2.55 bits per heavy atom. The molecule has 5 nitrogen and oxygen atoms in total. The lowest BCUT2D eigenvalue weighted by molar-refractivity contribution is 0.411. The van der Waals surface area contributed by atoms with Crippen LogP contribution in [0.15, 0.2) is 40.6 Å². The first kappa shape index (κ1) is 13.5. The third kappa shape index (κ3) is 3.52. The Hall–Kier alpha value is -1.53. The molecular formula is C14H19N5S. The van der Waals surface area contributed by atoms with Crippen LogP contribution in [-0.2, 0) is 0 Å². The number of H-pyrrole nitrogens is 1. The van der Waals surface area contributed by atoms with E-state index in [1.165, 1.54) is 12.0 Å². The molecule has 0 amide bonds. The summed E-state index contributed by atoms with van der Waals surface area (Å²) in [6.45, 7) is 0. The number of nitrogens with one attached hydrogen (secondary N) is 2. The molecule has 1 fully saturated rings. The average molecular weight is 289 g/mol. The molecule has 20 heavy (non-hydrogen) atoms. The molecule has 1 heterocycles. The first-order chi connectivity index (χ1) is 9.79. The normalized spacial score (nSPS) is 22.6. The maximum absolute atomic E-state index is 5.93. The van der Waals surface area contributed by atoms with Gasteiger partial charge in [-0.25, -0.2) is 4.98 Å². The fraction of sp³-hybridized carbons (Fsp3) is 0.429. The Bertz CT molecular complexity index is 517. The third-order valence-electron chi connectivity index (χ3n) is 3.60. The molecule has 0 bridgehead atoms. The SMILES string of the molecule is NC1CCC(Nc2ccc(Sc3ncn[nH]3)cc2)CC1. The summed E-state index contributed by atoms with van der Waals surface area (Å²) in [7, 11) is 0. The number of hydrogen-bond acceptors (Lipinski definition) is 5. The van der Waals surface area contributed by atoms with Gasteiger partial charge in [0.25, 0.3) is 0 Å². The zero-order valence-corrected chi connectivity index (χ0v) is 12.1. The molecular weight excluding hydrogens is 270 g/mol. The zero-order valence-electron chi connectivity index (χ0n) is 11.2. The topological polar surface area (TPSA) is 79.6 Å². The van der Waals surface area contributed by atoms with Gasteiger partial charge in [-0.15, -0.1) is 0 Å². The van der Waals surface area contributed by atoms with Crippen LogP contribution in [0, 0.1) is 0 Å². The van der Waals surface area contributed by atoms with E-state index >= 15 is 0 Å². The van der Waals surface area contributed by atoms with Gasteiger partial charge in [-0.3, -0.25) is 5.10 Å². The molecule has 0 aliphatic heterocycles. The van der Waals surface area contributed by atoms with Crippen molar-refractivity contribution in [3.05, 3.63) is 30.6 Å². The summed E-state index contributed by atoms with van der Waals surface area (Å²) < 4.78 is 0. The van der Waals surface area contributed by atoms with Crippen molar-refractivity contribution in [3.8, 4) is 0 Å². The van der Waals surface area contributed by atoms with Gasteiger partial charge in [0.05, 0.1) is 0 Å². The van der Waals surface area contributed by atoms with Crippen molar-refractivity contribution in [3.63, 3.8) is 0 Å². The Kier molecular flexibility index (Phi) is 4.22. The average Bonchev–Trinajstić information content (AvgIpc) is 2.96. The van der Waals surface area contributed by atoms with Crippen molar-refractivity contribution >= 4 is 17.4 Å². The largest absolute Gasteiger partial charge is 0.382 e. The molecule has 4 N–H and O–H groups in total. The lowest BCUT2D eigenvalue weighted by Gasteiger charge is -2.27. The molecule has 1 aliphatic carbocycles. The molecule has 1 aromatic carbocycles. The van der Waals surface area contributed by atoms with Crippen molar-refractivity contribution in [2.24, 2.45) is 5.73 Å². The minimum Gasteiger partial charge on any atom is -0.382 e. The highest BCUT2D eigenvalue weighted by atomic mass is 32.2. The quantitative estimate of drug-likeness (QED) is 0.806. The summed E-state index contributed by atoms with van der Waals surface area (Å²) >= 11 is 1.58. The number of hydrogen-bond donors (Lipinski definition) is 3. The van der Waals surface area contributed by atoms with Crippen LogP contribution >= 0.6 is 11.8 Å². The minimum atomic E-state index is 0.397. The van der Waals surface area contributed by atoms with E-state index < -0.39 is 0 Å². The van der Waals surface area contributed by atoms with E-state index in [1.54, 1.807) is 11.8 Å². The molecule has 106 valence electrons. The van der Waals surface area contributed by atoms with E-state index in [0.717, 1.165) is 35.7 Å². The van der Waals surface area contributed by atoms with Gasteiger partial charge in [-0.1, -0.05) is 11.8 Å². The first-order valence-electron chi connectivity index (χ1n) is 6.95. The van der Waals surface area contributed by atoms with Gasteiger partial charge in [0.15, 0.2) is 5.16 Å². The number of aromatic amines is 1. The Balaban J connectivity index is 1.56. The number of rotatable bonds is 4. The van der Waals surface area contributed by atoms with E-state index in [2.05, 4.69) is 44.8 Å². The number of benzene rings is 1. The van der Waals surface area contributed by atoms with Crippen LogP contribution in [0.2, 0.25) is 0 Å². The highest BCUT2D eigenvalue weighted by Gasteiger charge is 2.17. The van der Waals surface area contributed by atoms with E-state index in [4.69, 9.17) is 5.73 Å². The molecule has 6 heteroatoms. The van der Waals surface area contributed by atoms with Gasteiger partial charge in [0, 0.05) is 22.7 Å². The number of anilines is 1. The smallest absolute Gasteiger partial charge is 0.188 e. The summed E-state index contributed by atoms with van der Waals surface area (Å²) in [5.74, 6) is 0. The molecule has 0 saturated heterocycles. The molecule has 0 spiro atoms. The number of aromatic nitrogens is 3. The van der Waals surface area contributed by atoms with Crippen molar-refractivity contribution < 1.29 is 0 Å². The summed E-state index contributed by atoms with van der Waals surface area (Å²) in [6, 6.07) is 9.39. The molecule has 1 saturated carbocycles. The minimum absolute atomic E-state index is 0.397. The first-order valence-corrected chi connectivity index (χ1v) is 7.76. The Labute approximate surface area is 122 Å². The summed E-state index contributed by atoms with van der Waals surface area (Å²) in [5.41, 5.74) is 7.10. The van der Waals surface area contributed by atoms with Crippen LogP contribution in [0.25, 0.3) is 0 Å². The van der Waals surface area contributed by atoms with Gasteiger partial charge < -0.3 is 11.1 Å². The van der Waals surface area contributed by atoms with Crippen LogP contribution < -0.4 is 11.1 Å². The van der Waals surface area contributed by atoms with Gasteiger partial charge in [0.1, 0.15) is 6.33 Å². The van der Waals surface area contributed by atoms with E-state index in [0.29, 0.717) is 12.1 Å². The maximum Gasteiger partial charge on any atom is 0.188 e. The second-order valence-electron chi connectivity index (χ2n) is 5.17. The van der Waals surface area contributed by atoms with E-state index in [1.807, 2.05) is 0 Å². The monoisotopic (exact) mass is 289 g/mol. The van der Waals surface area contributed by atoms with Crippen LogP contribution in [0.3, 0.4) is 0 Å². The van der Waals surface area contributed by atoms with Crippen LogP contribution in [0.4, 0.5) is 5.69 Å². The van der Waals surface area contributed by atoms with Crippen molar-refractivity contribution in [2.45, 2.75) is 47.8 Å². The molecule has 1 aliphatic rings. The number of nitrogens with zero attached hydrogens (tertiary/aromatic N) is 2. The molecule has 0 atom stereocenters. The second kappa shape index (κ2) is 6.28. The third-order valence-corrected chi connectivity index (χ3v) is 4.50. The fourth-order valence-electron chi connectivity index (χ4n) is 2.47. The molecule has 0 radical (unpaired) electrons. The Morgan fingerprint density at radius 1 is 1.15 bits per heavy atom. The molecule has 1 aromatic heterocycles. The lowest BCUT2D eigenvalue weighted by Crippen LogP contribution is -2.32. The highest BCUT2D eigenvalue weighted by molar-refractivity contribution is 7.99. The summed E-state index contributed by atoms with van der Waals surface area (Å²) in [4.78, 5) is 5.25. The van der Waals surface area contributed by atoms with Crippen molar-refractivity contribution in [1.29, 1.82) is 0 Å². The van der Waals surface area contributed by atoms with E-state index in [-0.39, 0.29) is 0 Å². The predicted molar refractivity (Wildman–Crippen MR) is 80.8 cm³/mol. The molecule has 2 aromatic rings. The van der Waals surface area contributed by atoms with Crippen LogP contribution in [0.1, 0.15) is 25.7 Å². The highest BCUT2D eigenvalue weighted by Crippen LogP contribution is 2.26. The van der Waals surface area contributed by atoms with Gasteiger partial charge in [0.2, 0.25) is 0 Å². The standard InChI is InChI=1S/C14H19N5S/c15-10-1-3-11(4-2-10)18-12-5-7-13(8-6-12)20-14-16-9-17-19-14/h5-11,18H,1-4,15H2,(H,16,17,19). The van der Waals surface area contributed by atoms with Crippen molar-refractivity contribution in [1.82, 2.24) is 15.2 Å². The van der Waals surface area contributed by atoms with Gasteiger partial charge in [-0.05, 0) is 49.9 Å².